The Morgan fingerprint density at radius 1 is 0.531 bits per heavy atom. The van der Waals surface area contributed by atoms with Crippen LogP contribution in [-0.4, -0.2) is 45.8 Å². The van der Waals surface area contributed by atoms with Gasteiger partial charge in [-0.25, -0.2) is 0 Å². The minimum Gasteiger partial charge on any atom is -0.483 e. The lowest BCUT2D eigenvalue weighted by Crippen LogP contribution is -2.56. The van der Waals surface area contributed by atoms with Gasteiger partial charge in [-0.3, -0.25) is 0 Å². The Hall–Kier alpha value is -2.67. The van der Waals surface area contributed by atoms with E-state index >= 15 is 0 Å². The number of para-hydroxylation sites is 3. The fourth-order valence-corrected chi connectivity index (χ4v) is 6.63. The molecule has 0 N–H and O–H groups in total. The molecule has 0 aliphatic heterocycles. The Bertz CT molecular complexity index is 800. The van der Waals surface area contributed by atoms with Crippen LogP contribution in [0, 0.1) is 0 Å². The second-order valence-electron chi connectivity index (χ2n) is 6.64. The molecule has 9 heteroatoms. The van der Waals surface area contributed by atoms with Crippen molar-refractivity contribution in [2.45, 2.75) is 6.04 Å². The highest BCUT2D eigenvalue weighted by Crippen LogP contribution is 2.27. The molecule has 0 aromatic heterocycles. The van der Waals surface area contributed by atoms with Gasteiger partial charge in [0.2, 0.25) is 0 Å². The molecular weight excluding hydrogens is 444 g/mol. The third-order valence-electron chi connectivity index (χ3n) is 4.49. The molecule has 0 saturated carbocycles. The van der Waals surface area contributed by atoms with Crippen molar-refractivity contribution in [3.63, 3.8) is 0 Å². The van der Waals surface area contributed by atoms with Crippen molar-refractivity contribution >= 4 is 17.9 Å². The predicted molar refractivity (Wildman–Crippen MR) is 125 cm³/mol. The first kappa shape index (κ1) is 24.0. The molecule has 3 aromatic rings. The summed E-state index contributed by atoms with van der Waals surface area (Å²) in [6.07, 6.45) is 0. The zero-order valence-corrected chi connectivity index (χ0v) is 20.4. The van der Waals surface area contributed by atoms with E-state index in [-0.39, 0.29) is 6.61 Å². The Morgan fingerprint density at radius 2 is 0.875 bits per heavy atom. The molecule has 3 aromatic carbocycles. The van der Waals surface area contributed by atoms with E-state index in [2.05, 4.69) is 0 Å². The lowest BCUT2D eigenvalue weighted by Gasteiger charge is -2.31. The Balaban J connectivity index is 1.92. The predicted octanol–water partition coefficient (Wildman–Crippen LogP) is 4.55. The van der Waals surface area contributed by atoms with Gasteiger partial charge >= 0.3 is 17.9 Å². The smallest absolute Gasteiger partial charge is 0.483 e. The van der Waals surface area contributed by atoms with Crippen molar-refractivity contribution in [3.05, 3.63) is 91.0 Å². The molecule has 170 valence electrons. The van der Waals surface area contributed by atoms with Gasteiger partial charge in [0.05, 0.1) is 6.04 Å². The van der Waals surface area contributed by atoms with Crippen LogP contribution in [0.1, 0.15) is 0 Å². The lowest BCUT2D eigenvalue weighted by atomic mass is 10.3. The van der Waals surface area contributed by atoms with Crippen LogP contribution in [-0.2, 0) is 17.7 Å². The molecular formula is C23H28O7Si2. The maximum Gasteiger partial charge on any atom is 0.701 e. The zero-order chi connectivity index (χ0) is 22.7. The molecule has 7 nitrogen and oxygen atoms in total. The highest BCUT2D eigenvalue weighted by molar-refractivity contribution is 6.63. The second-order valence-corrected chi connectivity index (χ2v) is 11.6. The summed E-state index contributed by atoms with van der Waals surface area (Å²) in [7, 11) is -2.19. The number of rotatable bonds is 13. The Kier molecular flexibility index (Phi) is 8.85. The Morgan fingerprint density at radius 3 is 1.19 bits per heavy atom. The topological polar surface area (TPSA) is 64.6 Å². The monoisotopic (exact) mass is 472 g/mol. The fraction of sp³-hybridized carbons (Fsp3) is 0.217. The van der Waals surface area contributed by atoms with E-state index in [1.165, 1.54) is 21.3 Å². The Labute approximate surface area is 191 Å². The lowest BCUT2D eigenvalue weighted by molar-refractivity contribution is 0.00779. The molecule has 0 aliphatic carbocycles. The van der Waals surface area contributed by atoms with Gasteiger partial charge in [-0.05, 0) is 36.4 Å². The molecule has 0 amide bonds. The van der Waals surface area contributed by atoms with Crippen LogP contribution in [0.5, 0.6) is 17.2 Å². The van der Waals surface area contributed by atoms with Gasteiger partial charge in [0, 0.05) is 27.9 Å². The van der Waals surface area contributed by atoms with E-state index in [0.29, 0.717) is 23.3 Å². The summed E-state index contributed by atoms with van der Waals surface area (Å²) in [5, 5.41) is 0. The average Bonchev–Trinajstić information content (AvgIpc) is 2.84. The fourth-order valence-electron chi connectivity index (χ4n) is 2.95. The number of hydrogen-bond acceptors (Lipinski definition) is 7. The molecule has 0 heterocycles. The molecule has 0 spiro atoms. The third-order valence-corrected chi connectivity index (χ3v) is 9.00. The van der Waals surface area contributed by atoms with Crippen LogP contribution in [0.3, 0.4) is 0 Å². The van der Waals surface area contributed by atoms with E-state index < -0.39 is 17.9 Å². The quantitative estimate of drug-likeness (QED) is 0.338. The van der Waals surface area contributed by atoms with Gasteiger partial charge in [-0.15, -0.1) is 0 Å². The van der Waals surface area contributed by atoms with Gasteiger partial charge in [-0.1, -0.05) is 54.6 Å². The molecule has 3 rings (SSSR count). The summed E-state index contributed by atoms with van der Waals surface area (Å²) in [6, 6.07) is 28.7. The van der Waals surface area contributed by atoms with Gasteiger partial charge in [0.15, 0.2) is 0 Å². The van der Waals surface area contributed by atoms with Crippen molar-refractivity contribution in [1.82, 2.24) is 0 Å². The van der Waals surface area contributed by atoms with Crippen LogP contribution in [0.15, 0.2) is 91.0 Å². The number of benzene rings is 3. The van der Waals surface area contributed by atoms with Crippen LogP contribution in [0.25, 0.3) is 0 Å². The maximum atomic E-state index is 6.43. The van der Waals surface area contributed by atoms with E-state index in [9.17, 15) is 0 Å². The van der Waals surface area contributed by atoms with Gasteiger partial charge in [0.25, 0.3) is 0 Å². The normalized spacial score (nSPS) is 11.7. The van der Waals surface area contributed by atoms with Gasteiger partial charge < -0.3 is 31.0 Å². The highest BCUT2D eigenvalue weighted by atomic mass is 28.4. The molecule has 0 saturated heterocycles. The van der Waals surface area contributed by atoms with Crippen LogP contribution in [0.4, 0.5) is 0 Å². The molecule has 0 aliphatic rings. The molecule has 0 atom stereocenters. The van der Waals surface area contributed by atoms with E-state index in [1.54, 1.807) is 0 Å². The third kappa shape index (κ3) is 6.66. The van der Waals surface area contributed by atoms with Crippen LogP contribution >= 0.6 is 0 Å². The van der Waals surface area contributed by atoms with Crippen molar-refractivity contribution < 1.29 is 31.0 Å². The van der Waals surface area contributed by atoms with E-state index in [1.807, 2.05) is 91.0 Å². The highest BCUT2D eigenvalue weighted by Gasteiger charge is 2.51. The first-order valence-corrected chi connectivity index (χ1v) is 13.7. The summed E-state index contributed by atoms with van der Waals surface area (Å²) in [5.74, 6) is 1.92. The van der Waals surface area contributed by atoms with E-state index in [4.69, 9.17) is 31.0 Å². The van der Waals surface area contributed by atoms with Crippen molar-refractivity contribution in [2.75, 3.05) is 27.9 Å². The van der Waals surface area contributed by atoms with Crippen molar-refractivity contribution in [3.8, 4) is 17.2 Å². The molecule has 0 bridgehead atoms. The molecule has 0 radical (unpaired) electrons. The first-order chi connectivity index (χ1) is 15.6. The summed E-state index contributed by atoms with van der Waals surface area (Å²) in [6.45, 7) is 0.181. The SMILES string of the molecule is CO[Si](OC)(OC)OCC[Si](Oc1ccccc1)(Oc1ccccc1)Oc1ccccc1. The van der Waals surface area contributed by atoms with Gasteiger partial charge in [0.1, 0.15) is 17.2 Å². The summed E-state index contributed by atoms with van der Waals surface area (Å²) >= 11 is 0. The summed E-state index contributed by atoms with van der Waals surface area (Å²) in [5.41, 5.74) is 0. The zero-order valence-electron chi connectivity index (χ0n) is 18.4. The summed E-state index contributed by atoms with van der Waals surface area (Å²) < 4.78 is 41.3. The van der Waals surface area contributed by atoms with Crippen molar-refractivity contribution in [2.24, 2.45) is 0 Å². The largest absolute Gasteiger partial charge is 0.701 e. The van der Waals surface area contributed by atoms with Crippen LogP contribution < -0.4 is 13.3 Å². The second kappa shape index (κ2) is 11.8. The molecule has 0 fully saturated rings. The average molecular weight is 473 g/mol. The maximum absolute atomic E-state index is 6.43. The minimum atomic E-state index is -3.43. The molecule has 0 unspecified atom stereocenters. The van der Waals surface area contributed by atoms with E-state index in [0.717, 1.165) is 0 Å². The minimum absolute atomic E-state index is 0.181. The molecule has 32 heavy (non-hydrogen) atoms. The van der Waals surface area contributed by atoms with Crippen LogP contribution in [0.2, 0.25) is 6.04 Å². The summed E-state index contributed by atoms with van der Waals surface area (Å²) in [4.78, 5) is 0. The first-order valence-electron chi connectivity index (χ1n) is 10.1. The standard InChI is InChI=1S/C23H28O7Si2/c1-24-32(25-2,26-3)27-19-20-31(28-21-13-7-4-8-14-21,29-22-15-9-5-10-16-22)30-23-17-11-6-12-18-23/h4-18H,19-20H2,1-3H3. The van der Waals surface area contributed by atoms with Crippen molar-refractivity contribution in [1.29, 1.82) is 0 Å². The van der Waals surface area contributed by atoms with Gasteiger partial charge in [-0.2, -0.15) is 0 Å². The number of hydrogen-bond donors (Lipinski definition) is 0.